The standard InChI is InChI=1S/C31H54O/c1-21(2)22(3)12-13-23(4)26-15-18-29(7)17-10-11-27-25(6)28(32)16-19-30(27,8)24(5)14-20-31(26,29)9/h21,23,25-28,32H,3,5,10-20H2,1-2,4,6-9H3. The molecule has 1 nitrogen and oxygen atoms in total. The van der Waals surface area contributed by atoms with Gasteiger partial charge in [0.25, 0.3) is 0 Å². The molecule has 3 fully saturated rings. The predicted octanol–water partition coefficient (Wildman–Crippen LogP) is 8.97. The highest BCUT2D eigenvalue weighted by Gasteiger charge is 2.56. The topological polar surface area (TPSA) is 20.2 Å². The summed E-state index contributed by atoms with van der Waals surface area (Å²) in [5, 5.41) is 10.6. The third kappa shape index (κ3) is 4.54. The van der Waals surface area contributed by atoms with Gasteiger partial charge in [0.2, 0.25) is 0 Å². The van der Waals surface area contributed by atoms with Crippen molar-refractivity contribution in [3.8, 4) is 0 Å². The summed E-state index contributed by atoms with van der Waals surface area (Å²) in [6, 6.07) is 0. The molecule has 8 atom stereocenters. The molecule has 3 saturated carbocycles. The van der Waals surface area contributed by atoms with Crippen molar-refractivity contribution in [3.05, 3.63) is 24.3 Å². The maximum Gasteiger partial charge on any atom is 0.0569 e. The fourth-order valence-electron chi connectivity index (χ4n) is 8.41. The first-order valence-electron chi connectivity index (χ1n) is 13.9. The van der Waals surface area contributed by atoms with Gasteiger partial charge in [-0.3, -0.25) is 0 Å². The lowest BCUT2D eigenvalue weighted by molar-refractivity contribution is -0.0349. The zero-order valence-electron chi connectivity index (χ0n) is 22.6. The number of aliphatic hydroxyl groups is 1. The second-order valence-corrected chi connectivity index (χ2v) is 13.4. The molecule has 184 valence electrons. The lowest BCUT2D eigenvalue weighted by atomic mass is 9.53. The van der Waals surface area contributed by atoms with E-state index in [4.69, 9.17) is 6.58 Å². The summed E-state index contributed by atoms with van der Waals surface area (Å²) in [7, 11) is 0. The van der Waals surface area contributed by atoms with Crippen LogP contribution in [0.15, 0.2) is 24.3 Å². The molecule has 0 aromatic carbocycles. The van der Waals surface area contributed by atoms with Crippen LogP contribution in [-0.2, 0) is 0 Å². The molecule has 0 bridgehead atoms. The van der Waals surface area contributed by atoms with Gasteiger partial charge in [0.1, 0.15) is 0 Å². The van der Waals surface area contributed by atoms with E-state index < -0.39 is 0 Å². The van der Waals surface area contributed by atoms with Crippen LogP contribution in [0.5, 0.6) is 0 Å². The molecule has 3 aliphatic carbocycles. The first kappa shape index (κ1) is 26.1. The van der Waals surface area contributed by atoms with Crippen molar-refractivity contribution in [1.82, 2.24) is 0 Å². The summed E-state index contributed by atoms with van der Waals surface area (Å²) < 4.78 is 0. The molecule has 0 saturated heterocycles. The second kappa shape index (κ2) is 9.59. The largest absolute Gasteiger partial charge is 0.393 e. The van der Waals surface area contributed by atoms with Crippen molar-refractivity contribution in [2.24, 2.45) is 45.8 Å². The molecule has 3 aliphatic rings. The molecule has 0 aromatic heterocycles. The van der Waals surface area contributed by atoms with Gasteiger partial charge in [0.15, 0.2) is 0 Å². The molecule has 8 unspecified atom stereocenters. The molecular weight excluding hydrogens is 388 g/mol. The first-order valence-corrected chi connectivity index (χ1v) is 13.9. The number of allylic oxidation sites excluding steroid dienone is 2. The normalized spacial score (nSPS) is 44.1. The highest BCUT2D eigenvalue weighted by atomic mass is 16.3. The van der Waals surface area contributed by atoms with Crippen LogP contribution in [0.1, 0.15) is 119 Å². The fourth-order valence-corrected chi connectivity index (χ4v) is 8.41. The van der Waals surface area contributed by atoms with E-state index in [0.717, 1.165) is 24.7 Å². The van der Waals surface area contributed by atoms with Crippen molar-refractivity contribution < 1.29 is 5.11 Å². The Kier molecular flexibility index (Phi) is 7.81. The molecular formula is C31H54O. The number of hydrogen-bond donors (Lipinski definition) is 1. The zero-order chi connectivity index (χ0) is 23.9. The van der Waals surface area contributed by atoms with Gasteiger partial charge in [-0.1, -0.05) is 79.2 Å². The molecule has 0 spiro atoms. The summed E-state index contributed by atoms with van der Waals surface area (Å²) in [5.74, 6) is 3.17. The van der Waals surface area contributed by atoms with Gasteiger partial charge in [-0.15, -0.1) is 0 Å². The van der Waals surface area contributed by atoms with Crippen LogP contribution in [0.25, 0.3) is 0 Å². The van der Waals surface area contributed by atoms with E-state index in [-0.39, 0.29) is 11.5 Å². The van der Waals surface area contributed by atoms with E-state index in [1.165, 1.54) is 68.9 Å². The summed E-state index contributed by atoms with van der Waals surface area (Å²) in [6.07, 6.45) is 13.6. The lowest BCUT2D eigenvalue weighted by Crippen LogP contribution is -2.46. The number of aliphatic hydroxyl groups excluding tert-OH is 1. The Morgan fingerprint density at radius 3 is 2.38 bits per heavy atom. The monoisotopic (exact) mass is 442 g/mol. The molecule has 0 aromatic rings. The molecule has 1 heteroatoms. The average Bonchev–Trinajstić information content (AvgIpc) is 3.00. The molecule has 0 aliphatic heterocycles. The number of fused-ring (bicyclic) bond motifs is 2. The van der Waals surface area contributed by atoms with Crippen LogP contribution in [0, 0.1) is 45.8 Å². The van der Waals surface area contributed by atoms with Crippen molar-refractivity contribution >= 4 is 0 Å². The SMILES string of the molecule is C=C(CCC(C)C1CCC2(C)CCCC3C(C)C(O)CCC3(C)C(=C)CCC12C)C(C)C. The zero-order valence-corrected chi connectivity index (χ0v) is 22.6. The van der Waals surface area contributed by atoms with Gasteiger partial charge in [-0.25, -0.2) is 0 Å². The van der Waals surface area contributed by atoms with E-state index in [1.807, 2.05) is 0 Å². The van der Waals surface area contributed by atoms with Gasteiger partial charge in [0.05, 0.1) is 6.10 Å². The van der Waals surface area contributed by atoms with Gasteiger partial charge >= 0.3 is 0 Å². The van der Waals surface area contributed by atoms with E-state index in [1.54, 1.807) is 0 Å². The average molecular weight is 443 g/mol. The Morgan fingerprint density at radius 1 is 1.03 bits per heavy atom. The summed E-state index contributed by atoms with van der Waals surface area (Å²) in [6.45, 7) is 26.2. The lowest BCUT2D eigenvalue weighted by Gasteiger charge is -2.53. The molecule has 0 amide bonds. The maximum absolute atomic E-state index is 10.6. The Morgan fingerprint density at radius 2 is 1.72 bits per heavy atom. The van der Waals surface area contributed by atoms with Crippen molar-refractivity contribution in [3.63, 3.8) is 0 Å². The van der Waals surface area contributed by atoms with Gasteiger partial charge < -0.3 is 5.11 Å². The van der Waals surface area contributed by atoms with Crippen molar-refractivity contribution in [2.45, 2.75) is 125 Å². The number of rotatable bonds is 5. The minimum Gasteiger partial charge on any atom is -0.393 e. The van der Waals surface area contributed by atoms with Crippen LogP contribution in [0.4, 0.5) is 0 Å². The Hall–Kier alpha value is -0.560. The molecule has 0 heterocycles. The van der Waals surface area contributed by atoms with Crippen molar-refractivity contribution in [2.75, 3.05) is 0 Å². The Balaban J connectivity index is 1.81. The predicted molar refractivity (Wildman–Crippen MR) is 140 cm³/mol. The third-order valence-corrected chi connectivity index (χ3v) is 11.6. The first-order chi connectivity index (χ1) is 14.9. The van der Waals surface area contributed by atoms with Crippen LogP contribution in [0.3, 0.4) is 0 Å². The quantitative estimate of drug-likeness (QED) is 0.421. The molecule has 1 N–H and O–H groups in total. The van der Waals surface area contributed by atoms with Crippen LogP contribution in [0.2, 0.25) is 0 Å². The third-order valence-electron chi connectivity index (χ3n) is 11.6. The summed E-state index contributed by atoms with van der Waals surface area (Å²) >= 11 is 0. The Bertz CT molecular complexity index is 691. The summed E-state index contributed by atoms with van der Waals surface area (Å²) in [5.41, 5.74) is 3.95. The Labute approximate surface area is 200 Å². The van der Waals surface area contributed by atoms with Gasteiger partial charge in [-0.05, 0) is 110 Å². The van der Waals surface area contributed by atoms with Crippen LogP contribution >= 0.6 is 0 Å². The van der Waals surface area contributed by atoms with E-state index in [0.29, 0.717) is 28.6 Å². The minimum atomic E-state index is -0.123. The van der Waals surface area contributed by atoms with Gasteiger partial charge in [-0.2, -0.15) is 0 Å². The van der Waals surface area contributed by atoms with Crippen molar-refractivity contribution in [1.29, 1.82) is 0 Å². The molecule has 32 heavy (non-hydrogen) atoms. The van der Waals surface area contributed by atoms with Crippen LogP contribution in [-0.4, -0.2) is 11.2 Å². The van der Waals surface area contributed by atoms with E-state index in [2.05, 4.69) is 55.0 Å². The second-order valence-electron chi connectivity index (χ2n) is 13.4. The van der Waals surface area contributed by atoms with Crippen LogP contribution < -0.4 is 0 Å². The smallest absolute Gasteiger partial charge is 0.0569 e. The fraction of sp³-hybridized carbons (Fsp3) is 0.871. The van der Waals surface area contributed by atoms with Gasteiger partial charge in [0, 0.05) is 0 Å². The maximum atomic E-state index is 10.6. The van der Waals surface area contributed by atoms with E-state index >= 15 is 0 Å². The highest BCUT2D eigenvalue weighted by molar-refractivity contribution is 5.17. The molecule has 3 rings (SSSR count). The molecule has 0 radical (unpaired) electrons. The highest BCUT2D eigenvalue weighted by Crippen LogP contribution is 2.65. The summed E-state index contributed by atoms with van der Waals surface area (Å²) in [4.78, 5) is 0. The minimum absolute atomic E-state index is 0.123. The van der Waals surface area contributed by atoms with E-state index in [9.17, 15) is 5.11 Å². The number of hydrogen-bond acceptors (Lipinski definition) is 1.